The Kier molecular flexibility index (Phi) is 5.04. The van der Waals surface area contributed by atoms with Crippen molar-refractivity contribution in [2.45, 2.75) is 38.8 Å². The van der Waals surface area contributed by atoms with Crippen molar-refractivity contribution in [1.29, 1.82) is 0 Å². The summed E-state index contributed by atoms with van der Waals surface area (Å²) in [4.78, 5) is 2.52. The van der Waals surface area contributed by atoms with Crippen molar-refractivity contribution in [2.24, 2.45) is 0 Å². The van der Waals surface area contributed by atoms with Gasteiger partial charge in [-0.3, -0.25) is 0 Å². The van der Waals surface area contributed by atoms with Crippen LogP contribution in [0.4, 0.5) is 0 Å². The number of halogens is 1. The van der Waals surface area contributed by atoms with Gasteiger partial charge >= 0.3 is 0 Å². The van der Waals surface area contributed by atoms with Crippen molar-refractivity contribution in [3.8, 4) is 0 Å². The molecule has 2 unspecified atom stereocenters. The molecule has 3 heteroatoms. The number of likely N-dealkylation sites (tertiary alicyclic amines) is 1. The highest BCUT2D eigenvalue weighted by atomic mass is 35.5. The second kappa shape index (κ2) is 6.55. The molecule has 0 radical (unpaired) electrons. The summed E-state index contributed by atoms with van der Waals surface area (Å²) in [5.41, 5.74) is 1.27. The van der Waals surface area contributed by atoms with Crippen LogP contribution in [-0.2, 0) is 0 Å². The summed E-state index contributed by atoms with van der Waals surface area (Å²) in [6.07, 6.45) is 2.58. The Hall–Kier alpha value is -0.570. The van der Waals surface area contributed by atoms with Crippen molar-refractivity contribution in [1.82, 2.24) is 10.2 Å². The number of rotatable bonds is 4. The van der Waals surface area contributed by atoms with Crippen LogP contribution in [0.1, 0.15) is 38.3 Å². The maximum Gasteiger partial charge on any atom is 0.0409 e. The molecule has 0 amide bonds. The molecule has 0 spiro atoms. The molecule has 2 nitrogen and oxygen atoms in total. The fourth-order valence-corrected chi connectivity index (χ4v) is 2.90. The Labute approximate surface area is 115 Å². The zero-order valence-electron chi connectivity index (χ0n) is 11.3. The van der Waals surface area contributed by atoms with Gasteiger partial charge in [-0.15, -0.1) is 0 Å². The van der Waals surface area contributed by atoms with E-state index in [0.717, 1.165) is 11.6 Å². The molecule has 2 atom stereocenters. The molecule has 0 bridgehead atoms. The van der Waals surface area contributed by atoms with Crippen molar-refractivity contribution in [3.05, 3.63) is 34.9 Å². The van der Waals surface area contributed by atoms with E-state index in [1.807, 2.05) is 12.1 Å². The molecule has 0 aliphatic carbocycles. The summed E-state index contributed by atoms with van der Waals surface area (Å²) in [6, 6.07) is 9.12. The molecule has 18 heavy (non-hydrogen) atoms. The smallest absolute Gasteiger partial charge is 0.0409 e. The van der Waals surface area contributed by atoms with E-state index in [1.165, 1.54) is 31.5 Å². The first-order chi connectivity index (χ1) is 8.69. The number of piperidine rings is 1. The molecule has 1 aromatic rings. The molecule has 0 saturated carbocycles. The largest absolute Gasteiger partial charge is 0.306 e. The third-order valence-electron chi connectivity index (χ3n) is 3.79. The first-order valence-electron chi connectivity index (χ1n) is 6.93. The van der Waals surface area contributed by atoms with Crippen molar-refractivity contribution in [3.63, 3.8) is 0 Å². The number of nitrogens with one attached hydrogen (secondary N) is 1. The second-order valence-electron chi connectivity index (χ2n) is 5.18. The minimum Gasteiger partial charge on any atom is -0.306 e. The second-order valence-corrected chi connectivity index (χ2v) is 5.61. The zero-order chi connectivity index (χ0) is 13.0. The maximum absolute atomic E-state index is 6.04. The lowest BCUT2D eigenvalue weighted by atomic mass is 10.0. The monoisotopic (exact) mass is 266 g/mol. The number of benzene rings is 1. The first kappa shape index (κ1) is 13.9. The molecule has 1 N–H and O–H groups in total. The van der Waals surface area contributed by atoms with E-state index in [-0.39, 0.29) is 0 Å². The van der Waals surface area contributed by atoms with Gasteiger partial charge in [-0.05, 0) is 50.6 Å². The van der Waals surface area contributed by atoms with E-state index < -0.39 is 0 Å². The summed E-state index contributed by atoms with van der Waals surface area (Å²) in [7, 11) is 0. The SMILES string of the molecule is CCN1CCCC(NC(C)c2cccc(Cl)c2)C1. The van der Waals surface area contributed by atoms with Gasteiger partial charge in [0.25, 0.3) is 0 Å². The van der Waals surface area contributed by atoms with Gasteiger partial charge in [0.1, 0.15) is 0 Å². The minimum atomic E-state index is 0.366. The van der Waals surface area contributed by atoms with Crippen LogP contribution in [0, 0.1) is 0 Å². The van der Waals surface area contributed by atoms with Crippen molar-refractivity contribution in [2.75, 3.05) is 19.6 Å². The van der Waals surface area contributed by atoms with Crippen LogP contribution in [0.25, 0.3) is 0 Å². The van der Waals surface area contributed by atoms with Crippen LogP contribution in [-0.4, -0.2) is 30.6 Å². The summed E-state index contributed by atoms with van der Waals surface area (Å²) >= 11 is 6.04. The number of hydrogen-bond donors (Lipinski definition) is 1. The van der Waals surface area contributed by atoms with E-state index in [4.69, 9.17) is 11.6 Å². The van der Waals surface area contributed by atoms with E-state index in [9.17, 15) is 0 Å². The molecular formula is C15H23ClN2. The topological polar surface area (TPSA) is 15.3 Å². The lowest BCUT2D eigenvalue weighted by Crippen LogP contribution is -2.46. The summed E-state index contributed by atoms with van der Waals surface area (Å²) in [5.74, 6) is 0. The van der Waals surface area contributed by atoms with Gasteiger partial charge in [0.2, 0.25) is 0 Å². The Bertz CT molecular complexity index is 381. The first-order valence-corrected chi connectivity index (χ1v) is 7.30. The Morgan fingerprint density at radius 1 is 1.50 bits per heavy atom. The van der Waals surface area contributed by atoms with E-state index in [2.05, 4.69) is 36.2 Å². The van der Waals surface area contributed by atoms with E-state index >= 15 is 0 Å². The third kappa shape index (κ3) is 3.71. The highest BCUT2D eigenvalue weighted by molar-refractivity contribution is 6.30. The van der Waals surface area contributed by atoms with Gasteiger partial charge in [-0.25, -0.2) is 0 Å². The van der Waals surface area contributed by atoms with E-state index in [1.54, 1.807) is 0 Å². The van der Waals surface area contributed by atoms with Crippen LogP contribution >= 0.6 is 11.6 Å². The highest BCUT2D eigenvalue weighted by Gasteiger charge is 2.20. The van der Waals surface area contributed by atoms with Crippen LogP contribution in [0.2, 0.25) is 5.02 Å². The van der Waals surface area contributed by atoms with Gasteiger partial charge in [-0.2, -0.15) is 0 Å². The molecular weight excluding hydrogens is 244 g/mol. The van der Waals surface area contributed by atoms with Gasteiger partial charge in [0.05, 0.1) is 0 Å². The molecule has 0 aromatic heterocycles. The average Bonchev–Trinajstić information content (AvgIpc) is 2.39. The summed E-state index contributed by atoms with van der Waals surface area (Å²) < 4.78 is 0. The molecule has 1 aliphatic heterocycles. The normalized spacial score (nSPS) is 22.9. The molecule has 100 valence electrons. The van der Waals surface area contributed by atoms with Gasteiger partial charge in [0.15, 0.2) is 0 Å². The molecule has 1 fully saturated rings. The lowest BCUT2D eigenvalue weighted by Gasteiger charge is -2.34. The fraction of sp³-hybridized carbons (Fsp3) is 0.600. The summed E-state index contributed by atoms with van der Waals surface area (Å²) in [5, 5.41) is 4.55. The van der Waals surface area contributed by atoms with E-state index in [0.29, 0.717) is 12.1 Å². The van der Waals surface area contributed by atoms with Crippen molar-refractivity contribution < 1.29 is 0 Å². The average molecular weight is 267 g/mol. The Morgan fingerprint density at radius 3 is 3.06 bits per heavy atom. The quantitative estimate of drug-likeness (QED) is 0.898. The lowest BCUT2D eigenvalue weighted by molar-refractivity contribution is 0.192. The summed E-state index contributed by atoms with van der Waals surface area (Å²) in [6.45, 7) is 8.03. The van der Waals surface area contributed by atoms with Crippen LogP contribution < -0.4 is 5.32 Å². The number of likely N-dealkylation sites (N-methyl/N-ethyl adjacent to an activating group) is 1. The van der Waals surface area contributed by atoms with Gasteiger partial charge in [0, 0.05) is 23.7 Å². The van der Waals surface area contributed by atoms with Gasteiger partial charge < -0.3 is 10.2 Å². The number of hydrogen-bond acceptors (Lipinski definition) is 2. The maximum atomic E-state index is 6.04. The Balaban J connectivity index is 1.92. The van der Waals surface area contributed by atoms with Crippen molar-refractivity contribution >= 4 is 11.6 Å². The third-order valence-corrected chi connectivity index (χ3v) is 4.02. The molecule has 1 saturated heterocycles. The predicted molar refractivity (Wildman–Crippen MR) is 78.1 cm³/mol. The van der Waals surface area contributed by atoms with Crippen LogP contribution in [0.3, 0.4) is 0 Å². The van der Waals surface area contributed by atoms with Crippen LogP contribution in [0.5, 0.6) is 0 Å². The fourth-order valence-electron chi connectivity index (χ4n) is 2.70. The molecule has 2 rings (SSSR count). The molecule has 1 aliphatic rings. The minimum absolute atomic E-state index is 0.366. The molecule has 1 aromatic carbocycles. The highest BCUT2D eigenvalue weighted by Crippen LogP contribution is 2.19. The molecule has 1 heterocycles. The Morgan fingerprint density at radius 2 is 2.33 bits per heavy atom. The zero-order valence-corrected chi connectivity index (χ0v) is 12.1. The number of nitrogens with zero attached hydrogens (tertiary/aromatic N) is 1. The standard InChI is InChI=1S/C15H23ClN2/c1-3-18-9-5-8-15(11-18)17-12(2)13-6-4-7-14(16)10-13/h4,6-7,10,12,15,17H,3,5,8-9,11H2,1-2H3. The predicted octanol–water partition coefficient (Wildman–Crippen LogP) is 3.47. The van der Waals surface area contributed by atoms with Crippen LogP contribution in [0.15, 0.2) is 24.3 Å². The van der Waals surface area contributed by atoms with Gasteiger partial charge in [-0.1, -0.05) is 30.7 Å².